The fourth-order valence-electron chi connectivity index (χ4n) is 1.69. The number of fused-ring (bicyclic) bond motifs is 1. The summed E-state index contributed by atoms with van der Waals surface area (Å²) in [6, 6.07) is 5.95. The van der Waals surface area contributed by atoms with Gasteiger partial charge in [0.1, 0.15) is 0 Å². The molecule has 0 amide bonds. The highest BCUT2D eigenvalue weighted by Crippen LogP contribution is 2.37. The van der Waals surface area contributed by atoms with Gasteiger partial charge in [0.05, 0.1) is 4.88 Å². The monoisotopic (exact) mass is 248 g/mol. The molecule has 4 nitrogen and oxygen atoms in total. The molecule has 1 N–H and O–H groups in total. The van der Waals surface area contributed by atoms with Crippen molar-refractivity contribution in [2.24, 2.45) is 0 Å². The van der Waals surface area contributed by atoms with Crippen LogP contribution >= 0.6 is 11.3 Å². The maximum absolute atomic E-state index is 5.36. The van der Waals surface area contributed by atoms with Crippen molar-refractivity contribution in [2.45, 2.75) is 6.92 Å². The Hall–Kier alpha value is -1.75. The molecule has 0 saturated carbocycles. The van der Waals surface area contributed by atoms with Crippen LogP contribution in [0.25, 0.3) is 10.4 Å². The molecule has 5 heteroatoms. The first-order valence-electron chi connectivity index (χ1n) is 5.46. The topological polar surface area (TPSA) is 43.4 Å². The summed E-state index contributed by atoms with van der Waals surface area (Å²) in [7, 11) is 0. The van der Waals surface area contributed by atoms with Crippen LogP contribution in [0.1, 0.15) is 6.92 Å². The zero-order chi connectivity index (χ0) is 11.7. The van der Waals surface area contributed by atoms with Gasteiger partial charge in [0.15, 0.2) is 16.6 Å². The smallest absolute Gasteiger partial charge is 0.231 e. The van der Waals surface area contributed by atoms with Crippen LogP contribution in [0.2, 0.25) is 0 Å². The molecule has 3 rings (SSSR count). The van der Waals surface area contributed by atoms with E-state index in [1.165, 1.54) is 0 Å². The first-order valence-corrected chi connectivity index (χ1v) is 6.28. The lowest BCUT2D eigenvalue weighted by atomic mass is 10.2. The Labute approximate surface area is 103 Å². The van der Waals surface area contributed by atoms with Crippen LogP contribution in [-0.2, 0) is 0 Å². The number of thiazole rings is 1. The third-order valence-corrected chi connectivity index (χ3v) is 3.49. The zero-order valence-electron chi connectivity index (χ0n) is 9.40. The highest BCUT2D eigenvalue weighted by Gasteiger charge is 2.14. The molecule has 0 atom stereocenters. The number of nitrogens with zero attached hydrogens (tertiary/aromatic N) is 1. The lowest BCUT2D eigenvalue weighted by Gasteiger charge is -1.99. The number of hydrogen-bond acceptors (Lipinski definition) is 5. The second kappa shape index (κ2) is 4.25. The number of rotatable bonds is 3. The summed E-state index contributed by atoms with van der Waals surface area (Å²) >= 11 is 1.64. The number of nitrogens with one attached hydrogen (secondary N) is 1. The van der Waals surface area contributed by atoms with Crippen molar-refractivity contribution in [1.29, 1.82) is 0 Å². The van der Waals surface area contributed by atoms with Gasteiger partial charge in [0.2, 0.25) is 6.79 Å². The summed E-state index contributed by atoms with van der Waals surface area (Å²) in [5, 5.41) is 4.15. The zero-order valence-corrected chi connectivity index (χ0v) is 10.2. The van der Waals surface area contributed by atoms with Crippen molar-refractivity contribution in [1.82, 2.24) is 4.98 Å². The summed E-state index contributed by atoms with van der Waals surface area (Å²) < 4.78 is 10.6. The van der Waals surface area contributed by atoms with Gasteiger partial charge in [-0.15, -0.1) is 0 Å². The molecule has 0 aliphatic carbocycles. The Bertz CT molecular complexity index is 539. The highest BCUT2D eigenvalue weighted by molar-refractivity contribution is 7.18. The highest BCUT2D eigenvalue weighted by atomic mass is 32.1. The molecule has 0 radical (unpaired) electrons. The Morgan fingerprint density at radius 3 is 3.12 bits per heavy atom. The Morgan fingerprint density at radius 2 is 2.24 bits per heavy atom. The van der Waals surface area contributed by atoms with Crippen molar-refractivity contribution < 1.29 is 9.47 Å². The molecule has 0 saturated heterocycles. The van der Waals surface area contributed by atoms with Crippen LogP contribution in [0, 0.1) is 0 Å². The molecule has 88 valence electrons. The first-order chi connectivity index (χ1) is 8.36. The van der Waals surface area contributed by atoms with E-state index in [4.69, 9.17) is 9.47 Å². The number of aromatic nitrogens is 1. The first kappa shape index (κ1) is 10.4. The molecule has 1 aromatic carbocycles. The van der Waals surface area contributed by atoms with Gasteiger partial charge in [0, 0.05) is 12.7 Å². The van der Waals surface area contributed by atoms with Crippen LogP contribution in [-0.4, -0.2) is 18.3 Å². The number of ether oxygens (including phenoxy) is 2. The second-order valence-corrected chi connectivity index (χ2v) is 4.66. The van der Waals surface area contributed by atoms with Crippen LogP contribution in [0.4, 0.5) is 5.13 Å². The largest absolute Gasteiger partial charge is 0.454 e. The third-order valence-electron chi connectivity index (χ3n) is 2.49. The van der Waals surface area contributed by atoms with Gasteiger partial charge in [-0.1, -0.05) is 11.3 Å². The molecule has 1 aliphatic heterocycles. The van der Waals surface area contributed by atoms with Crippen molar-refractivity contribution >= 4 is 16.5 Å². The minimum absolute atomic E-state index is 0.310. The Balaban J connectivity index is 1.92. The van der Waals surface area contributed by atoms with Crippen molar-refractivity contribution in [3.63, 3.8) is 0 Å². The Kier molecular flexibility index (Phi) is 2.60. The minimum Gasteiger partial charge on any atom is -0.454 e. The SMILES string of the molecule is CCNc1ncc(-c2ccc3c(c2)OCO3)s1. The van der Waals surface area contributed by atoms with Crippen LogP contribution in [0.3, 0.4) is 0 Å². The predicted molar refractivity (Wildman–Crippen MR) is 67.8 cm³/mol. The molecule has 0 spiro atoms. The molecule has 2 heterocycles. The molecular formula is C12H12N2O2S. The number of benzene rings is 1. The maximum atomic E-state index is 5.36. The number of hydrogen-bond donors (Lipinski definition) is 1. The Morgan fingerprint density at radius 1 is 1.35 bits per heavy atom. The van der Waals surface area contributed by atoms with Gasteiger partial charge in [0.25, 0.3) is 0 Å². The molecule has 17 heavy (non-hydrogen) atoms. The average Bonchev–Trinajstić information content (AvgIpc) is 2.96. The van der Waals surface area contributed by atoms with E-state index >= 15 is 0 Å². The van der Waals surface area contributed by atoms with Gasteiger partial charge in [-0.3, -0.25) is 0 Å². The number of anilines is 1. The summed E-state index contributed by atoms with van der Waals surface area (Å²) in [6.45, 7) is 3.25. The van der Waals surface area contributed by atoms with Crippen molar-refractivity contribution in [3.8, 4) is 21.9 Å². The lowest BCUT2D eigenvalue weighted by molar-refractivity contribution is 0.174. The molecule has 2 aromatic rings. The lowest BCUT2D eigenvalue weighted by Crippen LogP contribution is -1.94. The molecule has 0 bridgehead atoms. The van der Waals surface area contributed by atoms with Crippen molar-refractivity contribution in [2.75, 3.05) is 18.7 Å². The van der Waals surface area contributed by atoms with E-state index < -0.39 is 0 Å². The standard InChI is InChI=1S/C12H12N2O2S/c1-2-13-12-14-6-11(17-12)8-3-4-9-10(5-8)16-7-15-9/h3-6H,2,7H2,1H3,(H,13,14). The van der Waals surface area contributed by atoms with Gasteiger partial charge < -0.3 is 14.8 Å². The molecular weight excluding hydrogens is 236 g/mol. The van der Waals surface area contributed by atoms with Crippen molar-refractivity contribution in [3.05, 3.63) is 24.4 Å². The van der Waals surface area contributed by atoms with Gasteiger partial charge in [-0.05, 0) is 30.7 Å². The molecule has 0 fully saturated rings. The predicted octanol–water partition coefficient (Wildman–Crippen LogP) is 2.97. The van der Waals surface area contributed by atoms with E-state index in [1.54, 1.807) is 11.3 Å². The van der Waals surface area contributed by atoms with Crippen LogP contribution in [0.5, 0.6) is 11.5 Å². The summed E-state index contributed by atoms with van der Waals surface area (Å²) in [4.78, 5) is 5.44. The molecule has 0 unspecified atom stereocenters. The second-order valence-electron chi connectivity index (χ2n) is 3.63. The van der Waals surface area contributed by atoms with E-state index in [0.29, 0.717) is 6.79 Å². The van der Waals surface area contributed by atoms with Gasteiger partial charge in [-0.2, -0.15) is 0 Å². The van der Waals surface area contributed by atoms with E-state index in [9.17, 15) is 0 Å². The van der Waals surface area contributed by atoms with E-state index in [-0.39, 0.29) is 0 Å². The van der Waals surface area contributed by atoms with Gasteiger partial charge >= 0.3 is 0 Å². The van der Waals surface area contributed by atoms with Crippen LogP contribution < -0.4 is 14.8 Å². The molecule has 1 aliphatic rings. The summed E-state index contributed by atoms with van der Waals surface area (Å²) in [6.07, 6.45) is 1.88. The fourth-order valence-corrected chi connectivity index (χ4v) is 2.57. The van der Waals surface area contributed by atoms with E-state index in [1.807, 2.05) is 24.4 Å². The molecule has 1 aromatic heterocycles. The normalized spacial score (nSPS) is 12.8. The van der Waals surface area contributed by atoms with E-state index in [2.05, 4.69) is 17.2 Å². The minimum atomic E-state index is 0.310. The summed E-state index contributed by atoms with van der Waals surface area (Å²) in [5.74, 6) is 1.62. The fraction of sp³-hybridized carbons (Fsp3) is 0.250. The third kappa shape index (κ3) is 1.93. The van der Waals surface area contributed by atoms with E-state index in [0.717, 1.165) is 33.6 Å². The average molecular weight is 248 g/mol. The maximum Gasteiger partial charge on any atom is 0.231 e. The quantitative estimate of drug-likeness (QED) is 0.907. The summed E-state index contributed by atoms with van der Waals surface area (Å²) in [5.41, 5.74) is 1.11. The van der Waals surface area contributed by atoms with Gasteiger partial charge in [-0.25, -0.2) is 4.98 Å². The van der Waals surface area contributed by atoms with Crippen LogP contribution in [0.15, 0.2) is 24.4 Å².